The van der Waals surface area contributed by atoms with Crippen LogP contribution >= 0.6 is 0 Å². The van der Waals surface area contributed by atoms with Crippen molar-refractivity contribution >= 4 is 10.9 Å². The predicted octanol–water partition coefficient (Wildman–Crippen LogP) is 3.17. The number of fused-ring (bicyclic) bond motifs is 3. The van der Waals surface area contributed by atoms with E-state index >= 15 is 0 Å². The summed E-state index contributed by atoms with van der Waals surface area (Å²) < 4.78 is 29.8. The molecular formula is C19H12F2N2O2. The number of hydrogen-bond acceptors (Lipinski definition) is 2. The molecule has 2 aromatic heterocycles. The molecule has 0 atom stereocenters. The topological polar surface area (TPSA) is 43.0 Å². The smallest absolute Gasteiger partial charge is 0.267 e. The van der Waals surface area contributed by atoms with E-state index < -0.39 is 22.8 Å². The van der Waals surface area contributed by atoms with Gasteiger partial charge in [-0.3, -0.25) is 9.59 Å². The van der Waals surface area contributed by atoms with Gasteiger partial charge in [-0.25, -0.2) is 17.8 Å². The molecule has 0 spiro atoms. The Hall–Kier alpha value is -3.28. The van der Waals surface area contributed by atoms with Crippen molar-refractivity contribution in [3.8, 4) is 11.3 Å². The van der Waals surface area contributed by atoms with Crippen molar-refractivity contribution in [1.82, 2.24) is 9.03 Å². The molecule has 4 rings (SSSR count). The molecule has 2 aromatic carbocycles. The molecule has 25 heavy (non-hydrogen) atoms. The van der Waals surface area contributed by atoms with E-state index in [0.29, 0.717) is 22.2 Å². The van der Waals surface area contributed by atoms with Crippen molar-refractivity contribution in [1.29, 1.82) is 0 Å². The zero-order valence-electron chi connectivity index (χ0n) is 13.2. The molecule has 4 nitrogen and oxygen atoms in total. The Kier molecular flexibility index (Phi) is 3.28. The van der Waals surface area contributed by atoms with E-state index in [9.17, 15) is 18.4 Å². The van der Waals surface area contributed by atoms with E-state index in [0.717, 1.165) is 21.2 Å². The quantitative estimate of drug-likeness (QED) is 0.500. The highest BCUT2D eigenvalue weighted by molar-refractivity contribution is 5.87. The largest absolute Gasteiger partial charge is 0.270 e. The van der Waals surface area contributed by atoms with Crippen molar-refractivity contribution in [2.75, 3.05) is 0 Å². The van der Waals surface area contributed by atoms with Gasteiger partial charge in [0.05, 0.1) is 11.2 Å². The van der Waals surface area contributed by atoms with E-state index in [4.69, 9.17) is 0 Å². The summed E-state index contributed by atoms with van der Waals surface area (Å²) in [4.78, 5) is 24.9. The highest BCUT2D eigenvalue weighted by Crippen LogP contribution is 2.28. The first kappa shape index (κ1) is 15.3. The minimum atomic E-state index is -0.518. The van der Waals surface area contributed by atoms with Crippen molar-refractivity contribution in [3.05, 3.63) is 92.5 Å². The summed E-state index contributed by atoms with van der Waals surface area (Å²) in [6.45, 7) is 1.75. The number of benzene rings is 2. The van der Waals surface area contributed by atoms with Crippen LogP contribution in [0.25, 0.3) is 22.2 Å². The lowest BCUT2D eigenvalue weighted by molar-refractivity contribution is 0.627. The summed E-state index contributed by atoms with van der Waals surface area (Å²) in [5.41, 5.74) is 0.824. The van der Waals surface area contributed by atoms with Crippen LogP contribution in [0.3, 0.4) is 0 Å². The Morgan fingerprint density at radius 1 is 0.800 bits per heavy atom. The molecule has 0 unspecified atom stereocenters. The Bertz CT molecular complexity index is 1270. The molecule has 0 saturated heterocycles. The lowest BCUT2D eigenvalue weighted by Gasteiger charge is -2.17. The molecule has 0 aliphatic carbocycles. The molecule has 0 radical (unpaired) electrons. The molecule has 0 saturated carbocycles. The van der Waals surface area contributed by atoms with Crippen LogP contribution in [-0.4, -0.2) is 9.03 Å². The van der Waals surface area contributed by atoms with Crippen molar-refractivity contribution < 1.29 is 8.78 Å². The standard InChI is InChI=1S/C19H12F2N2O2/c1-11-15-6-5-14(21)10-16(15)22-17(24)7-8-18(25)23(22)19(11)12-3-2-4-13(20)9-12/h2-10H,1H3. The first-order chi connectivity index (χ1) is 12.0. The average molecular weight is 338 g/mol. The lowest BCUT2D eigenvalue weighted by Crippen LogP contribution is -2.30. The molecule has 0 fully saturated rings. The van der Waals surface area contributed by atoms with Crippen molar-refractivity contribution in [3.63, 3.8) is 0 Å². The third-order valence-electron chi connectivity index (χ3n) is 4.24. The summed E-state index contributed by atoms with van der Waals surface area (Å²) in [7, 11) is 0. The maximum absolute atomic E-state index is 13.8. The number of aromatic nitrogens is 2. The van der Waals surface area contributed by atoms with Gasteiger partial charge >= 0.3 is 0 Å². The van der Waals surface area contributed by atoms with Crippen LogP contribution in [0.15, 0.2) is 64.2 Å². The lowest BCUT2D eigenvalue weighted by atomic mass is 10.0. The van der Waals surface area contributed by atoms with Gasteiger partial charge in [0.15, 0.2) is 0 Å². The van der Waals surface area contributed by atoms with Gasteiger partial charge in [-0.2, -0.15) is 0 Å². The maximum Gasteiger partial charge on any atom is 0.270 e. The fourth-order valence-corrected chi connectivity index (χ4v) is 3.18. The molecule has 0 aliphatic rings. The third kappa shape index (κ3) is 2.26. The van der Waals surface area contributed by atoms with Crippen LogP contribution in [0.4, 0.5) is 8.78 Å². The minimum Gasteiger partial charge on any atom is -0.267 e. The normalized spacial score (nSPS) is 11.3. The van der Waals surface area contributed by atoms with Crippen LogP contribution in [0, 0.1) is 18.6 Å². The van der Waals surface area contributed by atoms with Crippen molar-refractivity contribution in [2.45, 2.75) is 6.92 Å². The summed E-state index contributed by atoms with van der Waals surface area (Å²) in [6.07, 6.45) is 0. The molecule has 0 amide bonds. The number of halogens is 2. The van der Waals surface area contributed by atoms with Crippen LogP contribution in [0.1, 0.15) is 5.56 Å². The average Bonchev–Trinajstić information content (AvgIpc) is 2.58. The Morgan fingerprint density at radius 2 is 1.48 bits per heavy atom. The van der Waals surface area contributed by atoms with Gasteiger partial charge in [0.25, 0.3) is 11.1 Å². The molecule has 2 heterocycles. The Balaban J connectivity index is 2.36. The zero-order chi connectivity index (χ0) is 17.7. The van der Waals surface area contributed by atoms with Gasteiger partial charge in [-0.15, -0.1) is 0 Å². The highest BCUT2D eigenvalue weighted by Gasteiger charge is 2.16. The number of nitrogens with zero attached hydrogens (tertiary/aromatic N) is 2. The van der Waals surface area contributed by atoms with E-state index in [1.54, 1.807) is 19.1 Å². The molecule has 4 aromatic rings. The monoisotopic (exact) mass is 338 g/mol. The molecule has 124 valence electrons. The SMILES string of the molecule is Cc1c(-c2cccc(F)c2)n2c(=O)ccc(=O)n2c2cc(F)ccc12. The van der Waals surface area contributed by atoms with Gasteiger partial charge in [0.1, 0.15) is 11.6 Å². The first-order valence-corrected chi connectivity index (χ1v) is 7.60. The summed E-state index contributed by atoms with van der Waals surface area (Å²) >= 11 is 0. The molecule has 0 N–H and O–H groups in total. The Labute approximate surface area is 140 Å². The fraction of sp³-hybridized carbons (Fsp3) is 0.0526. The summed E-state index contributed by atoms with van der Waals surface area (Å²) in [6, 6.07) is 12.1. The second-order valence-corrected chi connectivity index (χ2v) is 5.78. The van der Waals surface area contributed by atoms with Gasteiger partial charge in [-0.1, -0.05) is 12.1 Å². The van der Waals surface area contributed by atoms with Gasteiger partial charge in [0.2, 0.25) is 0 Å². The number of rotatable bonds is 1. The molecule has 0 bridgehead atoms. The number of hydrogen-bond donors (Lipinski definition) is 0. The predicted molar refractivity (Wildman–Crippen MR) is 91.0 cm³/mol. The van der Waals surface area contributed by atoms with Crippen LogP contribution in [0.5, 0.6) is 0 Å². The van der Waals surface area contributed by atoms with E-state index in [-0.39, 0.29) is 5.52 Å². The molecule has 6 heteroatoms. The third-order valence-corrected chi connectivity index (χ3v) is 4.24. The van der Waals surface area contributed by atoms with E-state index in [2.05, 4.69) is 0 Å². The fourth-order valence-electron chi connectivity index (χ4n) is 3.18. The zero-order valence-corrected chi connectivity index (χ0v) is 13.2. The summed E-state index contributed by atoms with van der Waals surface area (Å²) in [5.74, 6) is -0.976. The van der Waals surface area contributed by atoms with Crippen LogP contribution in [0.2, 0.25) is 0 Å². The van der Waals surface area contributed by atoms with Gasteiger partial charge in [0, 0.05) is 29.1 Å². The molecular weight excluding hydrogens is 326 g/mol. The first-order valence-electron chi connectivity index (χ1n) is 7.60. The van der Waals surface area contributed by atoms with Crippen LogP contribution in [-0.2, 0) is 0 Å². The second kappa shape index (κ2) is 5.37. The minimum absolute atomic E-state index is 0.278. The maximum atomic E-state index is 13.8. The van der Waals surface area contributed by atoms with E-state index in [1.165, 1.54) is 30.3 Å². The number of aryl methyl sites for hydroxylation is 1. The van der Waals surface area contributed by atoms with Gasteiger partial charge < -0.3 is 0 Å². The van der Waals surface area contributed by atoms with Gasteiger partial charge in [-0.05, 0) is 36.8 Å². The Morgan fingerprint density at radius 3 is 2.20 bits per heavy atom. The molecule has 0 aliphatic heterocycles. The van der Waals surface area contributed by atoms with Crippen LogP contribution < -0.4 is 11.1 Å². The second-order valence-electron chi connectivity index (χ2n) is 5.78. The summed E-state index contributed by atoms with van der Waals surface area (Å²) in [5, 5.41) is 0.605. The van der Waals surface area contributed by atoms with E-state index in [1.807, 2.05) is 0 Å². The highest BCUT2D eigenvalue weighted by atomic mass is 19.1. The van der Waals surface area contributed by atoms with Crippen molar-refractivity contribution in [2.24, 2.45) is 0 Å².